The Morgan fingerprint density at radius 1 is 0.727 bits per heavy atom. The lowest BCUT2D eigenvalue weighted by molar-refractivity contribution is 0.0735. The van der Waals surface area contributed by atoms with Crippen molar-refractivity contribution in [2.45, 2.75) is 0 Å². The Morgan fingerprint density at radius 2 is 1.32 bits per heavy atom. The van der Waals surface area contributed by atoms with Gasteiger partial charge in [-0.1, -0.05) is 54.1 Å². The zero-order valence-electron chi connectivity index (χ0n) is 11.7. The maximum Gasteiger partial charge on any atom is 0.343 e. The third-order valence-corrected chi connectivity index (χ3v) is 3.50. The predicted molar refractivity (Wildman–Crippen MR) is 88.3 cm³/mol. The second-order valence-electron chi connectivity index (χ2n) is 4.79. The van der Waals surface area contributed by atoms with Gasteiger partial charge in [-0.2, -0.15) is 0 Å². The van der Waals surface area contributed by atoms with Crippen molar-refractivity contribution in [1.29, 1.82) is 0 Å². The van der Waals surface area contributed by atoms with E-state index in [0.717, 1.165) is 11.1 Å². The highest BCUT2D eigenvalue weighted by Crippen LogP contribution is 2.22. The summed E-state index contributed by atoms with van der Waals surface area (Å²) in [5.74, 6) is 0.115. The molecule has 0 saturated heterocycles. The fraction of sp³-hybridized carbons (Fsp3) is 0. The van der Waals surface area contributed by atoms with Crippen molar-refractivity contribution in [3.63, 3.8) is 0 Å². The summed E-state index contributed by atoms with van der Waals surface area (Å²) in [6.45, 7) is 0. The first-order chi connectivity index (χ1) is 10.7. The SMILES string of the molecule is O=C(Oc1ccc(-c2ccccc2)cc1)c1ccc(Cl)cc1. The lowest BCUT2D eigenvalue weighted by Crippen LogP contribution is -2.08. The fourth-order valence-electron chi connectivity index (χ4n) is 2.10. The van der Waals surface area contributed by atoms with Crippen LogP contribution in [0, 0.1) is 0 Å². The summed E-state index contributed by atoms with van der Waals surface area (Å²) < 4.78 is 5.35. The predicted octanol–water partition coefficient (Wildman–Crippen LogP) is 5.23. The Bertz CT molecular complexity index is 763. The first kappa shape index (κ1) is 14.4. The van der Waals surface area contributed by atoms with Crippen molar-refractivity contribution in [2.75, 3.05) is 0 Å². The summed E-state index contributed by atoms with van der Waals surface area (Å²) in [5.41, 5.74) is 2.67. The largest absolute Gasteiger partial charge is 0.423 e. The molecule has 0 spiro atoms. The minimum atomic E-state index is -0.399. The van der Waals surface area contributed by atoms with Crippen LogP contribution in [-0.4, -0.2) is 5.97 Å². The Balaban J connectivity index is 1.73. The zero-order chi connectivity index (χ0) is 15.4. The van der Waals surface area contributed by atoms with Crippen LogP contribution in [0.15, 0.2) is 78.9 Å². The molecule has 0 amide bonds. The smallest absolute Gasteiger partial charge is 0.343 e. The molecule has 0 fully saturated rings. The lowest BCUT2D eigenvalue weighted by Gasteiger charge is -2.06. The summed E-state index contributed by atoms with van der Waals surface area (Å²) in [7, 11) is 0. The van der Waals surface area contributed by atoms with Crippen LogP contribution in [0.4, 0.5) is 0 Å². The maximum atomic E-state index is 12.0. The first-order valence-electron chi connectivity index (χ1n) is 6.85. The number of ether oxygens (including phenoxy) is 1. The van der Waals surface area contributed by atoms with Gasteiger partial charge in [0.1, 0.15) is 5.75 Å². The second-order valence-corrected chi connectivity index (χ2v) is 5.22. The number of hydrogen-bond donors (Lipinski definition) is 0. The van der Waals surface area contributed by atoms with E-state index < -0.39 is 5.97 Å². The molecule has 0 N–H and O–H groups in total. The van der Waals surface area contributed by atoms with Crippen LogP contribution in [-0.2, 0) is 0 Å². The normalized spacial score (nSPS) is 10.2. The third kappa shape index (κ3) is 3.35. The molecule has 0 saturated carbocycles. The molecule has 3 heteroatoms. The van der Waals surface area contributed by atoms with Gasteiger partial charge >= 0.3 is 5.97 Å². The van der Waals surface area contributed by atoms with Crippen molar-refractivity contribution in [3.8, 4) is 16.9 Å². The van der Waals surface area contributed by atoms with Crippen molar-refractivity contribution in [3.05, 3.63) is 89.4 Å². The minimum absolute atomic E-state index is 0.399. The van der Waals surface area contributed by atoms with E-state index in [2.05, 4.69) is 0 Å². The summed E-state index contributed by atoms with van der Waals surface area (Å²) in [6.07, 6.45) is 0. The van der Waals surface area contributed by atoms with E-state index in [-0.39, 0.29) is 0 Å². The van der Waals surface area contributed by atoms with Gasteiger partial charge in [-0.25, -0.2) is 4.79 Å². The average molecular weight is 309 g/mol. The van der Waals surface area contributed by atoms with Crippen LogP contribution in [0.1, 0.15) is 10.4 Å². The minimum Gasteiger partial charge on any atom is -0.423 e. The van der Waals surface area contributed by atoms with Gasteiger partial charge < -0.3 is 4.74 Å². The van der Waals surface area contributed by atoms with Gasteiger partial charge in [-0.3, -0.25) is 0 Å². The average Bonchev–Trinajstić information content (AvgIpc) is 2.57. The molecule has 3 rings (SSSR count). The van der Waals surface area contributed by atoms with E-state index in [1.165, 1.54) is 0 Å². The van der Waals surface area contributed by atoms with Crippen molar-refractivity contribution in [1.82, 2.24) is 0 Å². The molecule has 22 heavy (non-hydrogen) atoms. The molecular formula is C19H13ClO2. The number of rotatable bonds is 3. The number of carbonyl (C=O) groups is 1. The van der Waals surface area contributed by atoms with E-state index in [1.54, 1.807) is 36.4 Å². The highest BCUT2D eigenvalue weighted by molar-refractivity contribution is 6.30. The van der Waals surface area contributed by atoms with E-state index in [9.17, 15) is 4.79 Å². The van der Waals surface area contributed by atoms with E-state index in [4.69, 9.17) is 16.3 Å². The molecule has 0 aliphatic carbocycles. The number of benzene rings is 3. The van der Waals surface area contributed by atoms with E-state index in [0.29, 0.717) is 16.3 Å². The van der Waals surface area contributed by atoms with Crippen LogP contribution in [0.25, 0.3) is 11.1 Å². The van der Waals surface area contributed by atoms with Gasteiger partial charge in [-0.15, -0.1) is 0 Å². The number of esters is 1. The van der Waals surface area contributed by atoms with E-state index in [1.807, 2.05) is 42.5 Å². The number of carbonyl (C=O) groups excluding carboxylic acids is 1. The van der Waals surface area contributed by atoms with E-state index >= 15 is 0 Å². The Hall–Kier alpha value is -2.58. The van der Waals surface area contributed by atoms with Crippen LogP contribution < -0.4 is 4.74 Å². The van der Waals surface area contributed by atoms with Crippen LogP contribution >= 0.6 is 11.6 Å². The molecule has 3 aromatic carbocycles. The molecule has 0 radical (unpaired) electrons. The monoisotopic (exact) mass is 308 g/mol. The zero-order valence-corrected chi connectivity index (χ0v) is 12.5. The van der Waals surface area contributed by atoms with Gasteiger partial charge in [-0.05, 0) is 47.5 Å². The van der Waals surface area contributed by atoms with Crippen LogP contribution in [0.5, 0.6) is 5.75 Å². The second kappa shape index (κ2) is 6.46. The Morgan fingerprint density at radius 3 is 1.95 bits per heavy atom. The maximum absolute atomic E-state index is 12.0. The number of hydrogen-bond acceptors (Lipinski definition) is 2. The fourth-order valence-corrected chi connectivity index (χ4v) is 2.22. The van der Waals surface area contributed by atoms with Crippen LogP contribution in [0.2, 0.25) is 5.02 Å². The summed E-state index contributed by atoms with van der Waals surface area (Å²) >= 11 is 5.80. The van der Waals surface area contributed by atoms with Gasteiger partial charge in [0.15, 0.2) is 0 Å². The first-order valence-corrected chi connectivity index (χ1v) is 7.23. The molecule has 2 nitrogen and oxygen atoms in total. The summed E-state index contributed by atoms with van der Waals surface area (Å²) in [5, 5.41) is 0.587. The van der Waals surface area contributed by atoms with Gasteiger partial charge in [0.2, 0.25) is 0 Å². The van der Waals surface area contributed by atoms with Gasteiger partial charge in [0.05, 0.1) is 5.56 Å². The highest BCUT2D eigenvalue weighted by Gasteiger charge is 2.08. The molecule has 0 aromatic heterocycles. The molecule has 0 heterocycles. The molecule has 0 bridgehead atoms. The topological polar surface area (TPSA) is 26.3 Å². The quantitative estimate of drug-likeness (QED) is 0.489. The molecule has 108 valence electrons. The molecule has 0 aliphatic rings. The number of halogens is 1. The molecular weight excluding hydrogens is 296 g/mol. The summed E-state index contributed by atoms with van der Waals surface area (Å²) in [6, 6.07) is 24.1. The van der Waals surface area contributed by atoms with Crippen molar-refractivity contribution >= 4 is 17.6 Å². The van der Waals surface area contributed by atoms with Gasteiger partial charge in [0, 0.05) is 5.02 Å². The lowest BCUT2D eigenvalue weighted by atomic mass is 10.1. The summed E-state index contributed by atoms with van der Waals surface area (Å²) in [4.78, 5) is 12.0. The Labute approximate surface area is 133 Å². The highest BCUT2D eigenvalue weighted by atomic mass is 35.5. The van der Waals surface area contributed by atoms with Gasteiger partial charge in [0.25, 0.3) is 0 Å². The van der Waals surface area contributed by atoms with Crippen LogP contribution in [0.3, 0.4) is 0 Å². The molecule has 3 aromatic rings. The molecule has 0 unspecified atom stereocenters. The van der Waals surface area contributed by atoms with Crippen molar-refractivity contribution in [2.24, 2.45) is 0 Å². The standard InChI is InChI=1S/C19H13ClO2/c20-17-10-6-16(7-11-17)19(21)22-18-12-8-15(9-13-18)14-4-2-1-3-5-14/h1-13H. The molecule has 0 aliphatic heterocycles. The molecule has 0 atom stereocenters. The Kier molecular flexibility index (Phi) is 4.22. The van der Waals surface area contributed by atoms with Crippen molar-refractivity contribution < 1.29 is 9.53 Å². The third-order valence-electron chi connectivity index (χ3n) is 3.25.